The van der Waals surface area contributed by atoms with E-state index in [0.29, 0.717) is 12.2 Å². The number of esters is 1. The summed E-state index contributed by atoms with van der Waals surface area (Å²) in [6.45, 7) is 1.82. The van der Waals surface area contributed by atoms with Crippen LogP contribution in [0.25, 0.3) is 0 Å². The second kappa shape index (κ2) is 7.85. The van der Waals surface area contributed by atoms with Crippen molar-refractivity contribution in [2.75, 3.05) is 11.9 Å². The van der Waals surface area contributed by atoms with Gasteiger partial charge in [0.15, 0.2) is 6.10 Å². The number of carbonyl (C=O) groups is 3. The van der Waals surface area contributed by atoms with Crippen LogP contribution in [0.4, 0.5) is 10.1 Å². The minimum atomic E-state index is -1.03. The number of nitrogens with zero attached hydrogens (tertiary/aromatic N) is 1. The minimum absolute atomic E-state index is 0.0179. The molecule has 0 radical (unpaired) electrons. The predicted molar refractivity (Wildman–Crippen MR) is 92.7 cm³/mol. The summed E-state index contributed by atoms with van der Waals surface area (Å²) in [5.41, 5.74) is 0.293. The number of anilines is 1. The number of carbonyl (C=O) groups excluding carboxylic acids is 3. The topological polar surface area (TPSA) is 75.7 Å². The molecule has 7 heteroatoms. The molecule has 0 spiro atoms. The van der Waals surface area contributed by atoms with Crippen LogP contribution in [-0.4, -0.2) is 41.4 Å². The third-order valence-corrected chi connectivity index (χ3v) is 5.01. The fourth-order valence-electron chi connectivity index (χ4n) is 3.59. The zero-order valence-electron chi connectivity index (χ0n) is 14.7. The molecular weight excluding hydrogens is 339 g/mol. The quantitative estimate of drug-likeness (QED) is 0.817. The van der Waals surface area contributed by atoms with Gasteiger partial charge in [0.1, 0.15) is 5.82 Å². The normalized spacial score (nSPS) is 21.7. The molecule has 1 aliphatic carbocycles. The fourth-order valence-corrected chi connectivity index (χ4v) is 3.59. The van der Waals surface area contributed by atoms with E-state index in [1.54, 1.807) is 11.0 Å². The molecule has 1 heterocycles. The van der Waals surface area contributed by atoms with E-state index in [9.17, 15) is 18.8 Å². The van der Waals surface area contributed by atoms with Gasteiger partial charge in [-0.15, -0.1) is 0 Å². The van der Waals surface area contributed by atoms with Crippen molar-refractivity contribution < 1.29 is 23.5 Å². The second-order valence-corrected chi connectivity index (χ2v) is 6.96. The first kappa shape index (κ1) is 18.4. The van der Waals surface area contributed by atoms with Crippen molar-refractivity contribution in [3.05, 3.63) is 30.1 Å². The monoisotopic (exact) mass is 362 g/mol. The summed E-state index contributed by atoms with van der Waals surface area (Å²) >= 11 is 0. The van der Waals surface area contributed by atoms with Crippen molar-refractivity contribution in [2.45, 2.75) is 51.2 Å². The third kappa shape index (κ3) is 4.20. The van der Waals surface area contributed by atoms with Crippen LogP contribution in [0.15, 0.2) is 24.3 Å². The van der Waals surface area contributed by atoms with Gasteiger partial charge in [-0.1, -0.05) is 18.9 Å². The lowest BCUT2D eigenvalue weighted by Gasteiger charge is -2.24. The van der Waals surface area contributed by atoms with Crippen molar-refractivity contribution in [2.24, 2.45) is 5.92 Å². The average Bonchev–Trinajstić information content (AvgIpc) is 3.24. The molecule has 1 N–H and O–H groups in total. The lowest BCUT2D eigenvalue weighted by molar-refractivity contribution is -0.157. The van der Waals surface area contributed by atoms with Gasteiger partial charge in [0, 0.05) is 24.7 Å². The van der Waals surface area contributed by atoms with Crippen molar-refractivity contribution in [1.82, 2.24) is 4.90 Å². The number of ether oxygens (including phenoxy) is 1. The van der Waals surface area contributed by atoms with E-state index in [0.717, 1.165) is 25.7 Å². The average molecular weight is 362 g/mol. The van der Waals surface area contributed by atoms with Gasteiger partial charge >= 0.3 is 5.97 Å². The molecule has 2 amide bonds. The Balaban J connectivity index is 1.52. The van der Waals surface area contributed by atoms with Crippen LogP contribution < -0.4 is 5.32 Å². The Morgan fingerprint density at radius 1 is 1.31 bits per heavy atom. The van der Waals surface area contributed by atoms with Crippen LogP contribution in [-0.2, 0) is 19.1 Å². The first-order chi connectivity index (χ1) is 12.4. The lowest BCUT2D eigenvalue weighted by atomic mass is 10.1. The SMILES string of the molecule is C[C@H](OC(=O)[C@@H]1CC(=O)N(C2CCCC2)C1)C(=O)Nc1cccc(F)c1. The zero-order valence-corrected chi connectivity index (χ0v) is 14.7. The Morgan fingerprint density at radius 3 is 2.73 bits per heavy atom. The minimum Gasteiger partial charge on any atom is -0.452 e. The maximum Gasteiger partial charge on any atom is 0.312 e. The van der Waals surface area contributed by atoms with Gasteiger partial charge in [0.2, 0.25) is 5.91 Å². The predicted octanol–water partition coefficient (Wildman–Crippen LogP) is 2.49. The molecule has 0 bridgehead atoms. The van der Waals surface area contributed by atoms with Gasteiger partial charge in [-0.2, -0.15) is 0 Å². The number of rotatable bonds is 5. The van der Waals surface area contributed by atoms with Gasteiger partial charge < -0.3 is 15.0 Å². The Morgan fingerprint density at radius 2 is 2.04 bits per heavy atom. The van der Waals surface area contributed by atoms with Gasteiger partial charge in [0.25, 0.3) is 5.91 Å². The molecule has 0 aromatic heterocycles. The largest absolute Gasteiger partial charge is 0.452 e. The number of amides is 2. The number of hydrogen-bond acceptors (Lipinski definition) is 4. The molecule has 0 unspecified atom stereocenters. The molecule has 6 nitrogen and oxygen atoms in total. The van der Waals surface area contributed by atoms with E-state index < -0.39 is 29.7 Å². The molecule has 1 aromatic rings. The number of likely N-dealkylation sites (tertiary alicyclic amines) is 1. The molecule has 1 saturated carbocycles. The Kier molecular flexibility index (Phi) is 5.54. The highest BCUT2D eigenvalue weighted by Crippen LogP contribution is 2.30. The molecule has 26 heavy (non-hydrogen) atoms. The summed E-state index contributed by atoms with van der Waals surface area (Å²) in [7, 11) is 0. The fraction of sp³-hybridized carbons (Fsp3) is 0.526. The Labute approximate surface area is 151 Å². The summed E-state index contributed by atoms with van der Waals surface area (Å²) in [5, 5.41) is 2.51. The molecule has 2 atom stereocenters. The maximum atomic E-state index is 13.2. The molecule has 1 aromatic carbocycles. The molecular formula is C19H23FN2O4. The number of nitrogens with one attached hydrogen (secondary N) is 1. The van der Waals surface area contributed by atoms with Gasteiger partial charge in [-0.05, 0) is 38.0 Å². The molecule has 2 fully saturated rings. The standard InChI is InChI=1S/C19H23FN2O4/c1-12(18(24)21-15-6-4-5-14(20)10-15)26-19(25)13-9-17(23)22(11-13)16-7-2-3-8-16/h4-6,10,12-13,16H,2-3,7-9,11H2,1H3,(H,21,24)/t12-,13+/m0/s1. The van der Waals surface area contributed by atoms with Crippen LogP contribution in [0.1, 0.15) is 39.0 Å². The van der Waals surface area contributed by atoms with E-state index >= 15 is 0 Å². The van der Waals surface area contributed by atoms with E-state index in [1.807, 2.05) is 0 Å². The summed E-state index contributed by atoms with van der Waals surface area (Å²) in [6.07, 6.45) is 3.30. The first-order valence-corrected chi connectivity index (χ1v) is 9.00. The molecule has 1 aliphatic heterocycles. The highest BCUT2D eigenvalue weighted by molar-refractivity contribution is 5.95. The Bertz CT molecular complexity index is 703. The maximum absolute atomic E-state index is 13.2. The lowest BCUT2D eigenvalue weighted by Crippen LogP contribution is -2.36. The van der Waals surface area contributed by atoms with Crippen molar-refractivity contribution in [3.8, 4) is 0 Å². The van der Waals surface area contributed by atoms with Gasteiger partial charge in [-0.25, -0.2) is 4.39 Å². The Hall–Kier alpha value is -2.44. The molecule has 140 valence electrons. The summed E-state index contributed by atoms with van der Waals surface area (Å²) in [4.78, 5) is 38.4. The highest BCUT2D eigenvalue weighted by Gasteiger charge is 2.40. The van der Waals surface area contributed by atoms with E-state index in [-0.39, 0.29) is 18.4 Å². The van der Waals surface area contributed by atoms with Crippen molar-refractivity contribution in [1.29, 1.82) is 0 Å². The first-order valence-electron chi connectivity index (χ1n) is 9.00. The number of hydrogen-bond donors (Lipinski definition) is 1. The van der Waals surface area contributed by atoms with Crippen LogP contribution in [0.2, 0.25) is 0 Å². The van der Waals surface area contributed by atoms with Crippen LogP contribution in [0, 0.1) is 11.7 Å². The summed E-state index contributed by atoms with van der Waals surface area (Å²) in [5.74, 6) is -2.10. The van der Waals surface area contributed by atoms with Gasteiger partial charge in [0.05, 0.1) is 5.92 Å². The molecule has 1 saturated heterocycles. The van der Waals surface area contributed by atoms with Crippen LogP contribution >= 0.6 is 0 Å². The van der Waals surface area contributed by atoms with Gasteiger partial charge in [-0.3, -0.25) is 14.4 Å². The number of halogens is 1. The third-order valence-electron chi connectivity index (χ3n) is 5.01. The summed E-state index contributed by atoms with van der Waals surface area (Å²) < 4.78 is 18.4. The van der Waals surface area contributed by atoms with Crippen molar-refractivity contribution >= 4 is 23.5 Å². The molecule has 3 rings (SSSR count). The smallest absolute Gasteiger partial charge is 0.312 e. The zero-order chi connectivity index (χ0) is 18.7. The molecule has 2 aliphatic rings. The summed E-state index contributed by atoms with van der Waals surface area (Å²) in [6, 6.07) is 5.70. The van der Waals surface area contributed by atoms with E-state index in [4.69, 9.17) is 4.74 Å². The van der Waals surface area contributed by atoms with Crippen molar-refractivity contribution in [3.63, 3.8) is 0 Å². The second-order valence-electron chi connectivity index (χ2n) is 6.96. The van der Waals surface area contributed by atoms with E-state index in [1.165, 1.54) is 25.1 Å². The van der Waals surface area contributed by atoms with Crippen LogP contribution in [0.3, 0.4) is 0 Å². The van der Waals surface area contributed by atoms with E-state index in [2.05, 4.69) is 5.32 Å². The highest BCUT2D eigenvalue weighted by atomic mass is 19.1. The number of benzene rings is 1. The van der Waals surface area contributed by atoms with Crippen LogP contribution in [0.5, 0.6) is 0 Å².